The fourth-order valence-corrected chi connectivity index (χ4v) is 4.26. The van der Waals surface area contributed by atoms with Crippen LogP contribution in [0, 0.1) is 6.92 Å². The lowest BCUT2D eigenvalue weighted by Gasteiger charge is -2.14. The Bertz CT molecular complexity index is 1190. The summed E-state index contributed by atoms with van der Waals surface area (Å²) in [6.45, 7) is 3.89. The molecule has 4 aromatic rings. The monoisotopic (exact) mass is 462 g/mol. The first-order valence-electron chi connectivity index (χ1n) is 10.3. The molecule has 3 aromatic carbocycles. The highest BCUT2D eigenvalue weighted by molar-refractivity contribution is 7.98. The molecule has 0 fully saturated rings. The molecule has 1 N–H and O–H groups in total. The summed E-state index contributed by atoms with van der Waals surface area (Å²) in [6.07, 6.45) is 0. The van der Waals surface area contributed by atoms with Gasteiger partial charge in [0.15, 0.2) is 0 Å². The number of hydrogen-bond acceptors (Lipinski definition) is 4. The number of benzene rings is 3. The molecule has 6 heteroatoms. The van der Waals surface area contributed by atoms with E-state index < -0.39 is 0 Å². The first-order valence-corrected chi connectivity index (χ1v) is 11.7. The summed E-state index contributed by atoms with van der Waals surface area (Å²) in [5, 5.41) is 3.75. The Morgan fingerprint density at radius 3 is 2.41 bits per heavy atom. The number of thioether (sulfide) groups is 1. The molecule has 4 rings (SSSR count). The third kappa shape index (κ3) is 5.42. The van der Waals surface area contributed by atoms with Crippen LogP contribution in [0.25, 0.3) is 11.5 Å². The number of aryl methyl sites for hydroxylation is 1. The molecular formula is C26H23ClN2O2S. The van der Waals surface area contributed by atoms with Crippen LogP contribution in [0.4, 0.5) is 0 Å². The number of rotatable bonds is 7. The van der Waals surface area contributed by atoms with Crippen molar-refractivity contribution in [3.63, 3.8) is 0 Å². The first kappa shape index (κ1) is 22.2. The smallest absolute Gasteiger partial charge is 0.251 e. The Kier molecular flexibility index (Phi) is 6.98. The topological polar surface area (TPSA) is 55.1 Å². The van der Waals surface area contributed by atoms with Crippen molar-refractivity contribution >= 4 is 29.3 Å². The van der Waals surface area contributed by atoms with Gasteiger partial charge >= 0.3 is 0 Å². The predicted octanol–water partition coefficient (Wildman–Crippen LogP) is 7.09. The normalized spacial score (nSPS) is 11.8. The van der Waals surface area contributed by atoms with Crippen molar-refractivity contribution in [2.24, 2.45) is 0 Å². The molecule has 1 amide bonds. The van der Waals surface area contributed by atoms with Gasteiger partial charge in [0.1, 0.15) is 5.76 Å². The number of halogens is 1. The van der Waals surface area contributed by atoms with Crippen molar-refractivity contribution < 1.29 is 9.21 Å². The SMILES string of the molecule is Cc1oc(-c2ccc(C(=O)N[C@@H](C)c3ccccc3)cc2)nc1CSc1ccc(Cl)cc1. The molecule has 4 nitrogen and oxygen atoms in total. The second-order valence-corrected chi connectivity index (χ2v) is 8.93. The van der Waals surface area contributed by atoms with Gasteiger partial charge in [0.2, 0.25) is 5.89 Å². The highest BCUT2D eigenvalue weighted by Crippen LogP contribution is 2.28. The maximum absolute atomic E-state index is 12.6. The summed E-state index contributed by atoms with van der Waals surface area (Å²) in [5.41, 5.74) is 3.40. The third-order valence-corrected chi connectivity index (χ3v) is 6.40. The molecule has 0 aliphatic carbocycles. The zero-order valence-corrected chi connectivity index (χ0v) is 19.4. The van der Waals surface area contributed by atoms with Crippen molar-refractivity contribution in [3.05, 3.63) is 106 Å². The highest BCUT2D eigenvalue weighted by Gasteiger charge is 2.14. The van der Waals surface area contributed by atoms with Gasteiger partial charge in [-0.05, 0) is 67.9 Å². The van der Waals surface area contributed by atoms with E-state index in [0.29, 0.717) is 17.2 Å². The van der Waals surface area contributed by atoms with Gasteiger partial charge in [0.25, 0.3) is 5.91 Å². The molecule has 0 radical (unpaired) electrons. The lowest BCUT2D eigenvalue weighted by molar-refractivity contribution is 0.0940. The summed E-state index contributed by atoms with van der Waals surface area (Å²) in [7, 11) is 0. The largest absolute Gasteiger partial charge is 0.441 e. The molecule has 0 spiro atoms. The van der Waals surface area contributed by atoms with Crippen LogP contribution in [-0.2, 0) is 5.75 Å². The maximum atomic E-state index is 12.6. The van der Waals surface area contributed by atoms with E-state index in [-0.39, 0.29) is 11.9 Å². The number of amides is 1. The standard InChI is InChI=1S/C26H23ClN2O2S/c1-17(19-6-4-3-5-7-19)28-25(30)20-8-10-21(11-9-20)26-29-24(18(2)31-26)16-32-23-14-12-22(27)13-15-23/h3-15,17H,16H2,1-2H3,(H,28,30)/t17-/m0/s1. The van der Waals surface area contributed by atoms with E-state index in [2.05, 4.69) is 10.3 Å². The molecule has 0 unspecified atom stereocenters. The molecule has 1 heterocycles. The molecule has 1 aromatic heterocycles. The van der Waals surface area contributed by atoms with E-state index >= 15 is 0 Å². The van der Waals surface area contributed by atoms with Crippen molar-refractivity contribution in [2.75, 3.05) is 0 Å². The Balaban J connectivity index is 1.41. The average Bonchev–Trinajstić information content (AvgIpc) is 3.19. The van der Waals surface area contributed by atoms with Crippen LogP contribution in [-0.4, -0.2) is 10.9 Å². The van der Waals surface area contributed by atoms with E-state index in [0.717, 1.165) is 32.5 Å². The lowest BCUT2D eigenvalue weighted by atomic mass is 10.1. The van der Waals surface area contributed by atoms with E-state index in [1.165, 1.54) is 0 Å². The third-order valence-electron chi connectivity index (χ3n) is 5.12. The van der Waals surface area contributed by atoms with Gasteiger partial charge in [-0.1, -0.05) is 41.9 Å². The Morgan fingerprint density at radius 1 is 1.03 bits per heavy atom. The first-order chi connectivity index (χ1) is 15.5. The summed E-state index contributed by atoms with van der Waals surface area (Å²) in [5.74, 6) is 1.93. The van der Waals surface area contributed by atoms with E-state index in [1.54, 1.807) is 23.9 Å². The number of hydrogen-bond donors (Lipinski definition) is 1. The van der Waals surface area contributed by atoms with Gasteiger partial charge in [-0.25, -0.2) is 4.98 Å². The summed E-state index contributed by atoms with van der Waals surface area (Å²) in [6, 6.07) is 24.9. The number of nitrogens with zero attached hydrogens (tertiary/aromatic N) is 1. The Morgan fingerprint density at radius 2 is 1.72 bits per heavy atom. The Labute approximate surface area is 197 Å². The van der Waals surface area contributed by atoms with Crippen LogP contribution in [0.5, 0.6) is 0 Å². The van der Waals surface area contributed by atoms with E-state index in [9.17, 15) is 4.79 Å². The minimum absolute atomic E-state index is 0.0709. The lowest BCUT2D eigenvalue weighted by Crippen LogP contribution is -2.26. The average molecular weight is 463 g/mol. The van der Waals surface area contributed by atoms with Gasteiger partial charge in [0, 0.05) is 26.8 Å². The highest BCUT2D eigenvalue weighted by atomic mass is 35.5. The quantitative estimate of drug-likeness (QED) is 0.298. The van der Waals surface area contributed by atoms with Gasteiger partial charge in [-0.3, -0.25) is 4.79 Å². The van der Waals surface area contributed by atoms with Crippen LogP contribution in [0.1, 0.15) is 40.3 Å². The van der Waals surface area contributed by atoms with Crippen LogP contribution >= 0.6 is 23.4 Å². The van der Waals surface area contributed by atoms with Crippen molar-refractivity contribution in [2.45, 2.75) is 30.5 Å². The number of oxazole rings is 1. The predicted molar refractivity (Wildman–Crippen MR) is 130 cm³/mol. The second kappa shape index (κ2) is 10.1. The molecular weight excluding hydrogens is 440 g/mol. The van der Waals surface area contributed by atoms with Gasteiger partial charge < -0.3 is 9.73 Å². The molecule has 0 aliphatic rings. The molecule has 1 atom stereocenters. The number of nitrogens with one attached hydrogen (secondary N) is 1. The maximum Gasteiger partial charge on any atom is 0.251 e. The zero-order valence-electron chi connectivity index (χ0n) is 17.8. The second-order valence-electron chi connectivity index (χ2n) is 7.45. The number of aromatic nitrogens is 1. The molecule has 0 aliphatic heterocycles. The molecule has 0 saturated carbocycles. The molecule has 0 bridgehead atoms. The van der Waals surface area contributed by atoms with Crippen LogP contribution in [0.15, 0.2) is 88.2 Å². The summed E-state index contributed by atoms with van der Waals surface area (Å²) < 4.78 is 5.88. The number of carbonyl (C=O) groups excluding carboxylic acids is 1. The van der Waals surface area contributed by atoms with Crippen molar-refractivity contribution in [1.29, 1.82) is 0 Å². The van der Waals surface area contributed by atoms with Crippen molar-refractivity contribution in [1.82, 2.24) is 10.3 Å². The Hall–Kier alpha value is -3.02. The van der Waals surface area contributed by atoms with Crippen molar-refractivity contribution in [3.8, 4) is 11.5 Å². The van der Waals surface area contributed by atoms with Gasteiger partial charge in [-0.15, -0.1) is 11.8 Å². The van der Waals surface area contributed by atoms with E-state index in [4.69, 9.17) is 16.0 Å². The van der Waals surface area contributed by atoms with Gasteiger partial charge in [0.05, 0.1) is 11.7 Å². The summed E-state index contributed by atoms with van der Waals surface area (Å²) >= 11 is 7.63. The van der Waals surface area contributed by atoms with Crippen LogP contribution < -0.4 is 5.32 Å². The minimum atomic E-state index is -0.114. The van der Waals surface area contributed by atoms with E-state index in [1.807, 2.05) is 80.6 Å². The molecule has 32 heavy (non-hydrogen) atoms. The molecule has 0 saturated heterocycles. The molecule has 162 valence electrons. The summed E-state index contributed by atoms with van der Waals surface area (Å²) in [4.78, 5) is 18.4. The van der Waals surface area contributed by atoms with Gasteiger partial charge in [-0.2, -0.15) is 0 Å². The minimum Gasteiger partial charge on any atom is -0.441 e. The zero-order chi connectivity index (χ0) is 22.5. The van der Waals surface area contributed by atoms with Crippen LogP contribution in [0.3, 0.4) is 0 Å². The fraction of sp³-hybridized carbons (Fsp3) is 0.154. The van der Waals surface area contributed by atoms with Crippen LogP contribution in [0.2, 0.25) is 5.02 Å². The number of carbonyl (C=O) groups is 1. The fourth-order valence-electron chi connectivity index (χ4n) is 3.24.